The largest absolute Gasteiger partial charge is 0.356 e. The maximum Gasteiger partial charge on any atom is 0.209 e. The lowest BCUT2D eigenvalue weighted by molar-refractivity contribution is -0.438. The summed E-state index contributed by atoms with van der Waals surface area (Å²) in [5, 5.41) is 8.14. The van der Waals surface area contributed by atoms with Crippen molar-refractivity contribution in [1.82, 2.24) is 0 Å². The molecule has 0 amide bonds. The number of nitrogens with one attached hydrogen (secondary N) is 2. The number of nitrogens with zero attached hydrogens (tertiary/aromatic N) is 2. The summed E-state index contributed by atoms with van der Waals surface area (Å²) in [6, 6.07) is 34.6. The van der Waals surface area contributed by atoms with E-state index >= 15 is 0 Å². The molecule has 0 atom stereocenters. The first-order valence-electron chi connectivity index (χ1n) is 20.5. The average molecular weight is 750 g/mol. The zero-order valence-corrected chi connectivity index (χ0v) is 34.4. The van der Waals surface area contributed by atoms with Crippen LogP contribution in [-0.2, 0) is 10.8 Å². The van der Waals surface area contributed by atoms with Gasteiger partial charge in [0.15, 0.2) is 5.71 Å². The maximum absolute atomic E-state index is 7.35. The molecule has 7 rings (SSSR count). The monoisotopic (exact) mass is 749 g/mol. The van der Waals surface area contributed by atoms with Gasteiger partial charge in [-0.2, -0.15) is 4.58 Å². The molecule has 0 fully saturated rings. The number of benzene rings is 4. The molecular formula is C50H58ClN4+. The molecule has 0 bridgehead atoms. The van der Waals surface area contributed by atoms with Crippen LogP contribution in [0.4, 0.5) is 34.1 Å². The summed E-state index contributed by atoms with van der Waals surface area (Å²) in [7, 11) is 0. The molecule has 2 heterocycles. The molecule has 0 saturated heterocycles. The minimum absolute atomic E-state index is 0.153. The van der Waals surface area contributed by atoms with Gasteiger partial charge in [-0.25, -0.2) is 0 Å². The van der Waals surface area contributed by atoms with Crippen molar-refractivity contribution in [3.63, 3.8) is 0 Å². The van der Waals surface area contributed by atoms with E-state index in [1.54, 1.807) is 0 Å². The lowest BCUT2D eigenvalue weighted by Crippen LogP contribution is -2.28. The van der Waals surface area contributed by atoms with Crippen LogP contribution in [0.2, 0.25) is 0 Å². The van der Waals surface area contributed by atoms with Crippen LogP contribution in [-0.4, -0.2) is 23.4 Å². The molecule has 0 aromatic heterocycles. The van der Waals surface area contributed by atoms with Crippen LogP contribution in [0, 0.1) is 0 Å². The Morgan fingerprint density at radius 1 is 0.691 bits per heavy atom. The van der Waals surface area contributed by atoms with E-state index in [1.807, 2.05) is 0 Å². The Hall–Kier alpha value is -4.80. The van der Waals surface area contributed by atoms with Gasteiger partial charge in [0.2, 0.25) is 5.69 Å². The molecule has 0 radical (unpaired) electrons. The minimum Gasteiger partial charge on any atom is -0.356 e. The third kappa shape index (κ3) is 7.98. The van der Waals surface area contributed by atoms with Crippen molar-refractivity contribution in [3.05, 3.63) is 154 Å². The molecule has 2 aliphatic heterocycles. The number of unbranched alkanes of at least 4 members (excludes halogenated alkanes) is 2. The third-order valence-electron chi connectivity index (χ3n) is 11.7. The first-order valence-corrected chi connectivity index (χ1v) is 20.8. The van der Waals surface area contributed by atoms with Gasteiger partial charge in [-0.1, -0.05) is 101 Å². The Morgan fingerprint density at radius 3 is 1.98 bits per heavy atom. The normalized spacial score (nSPS) is 18.8. The Labute approximate surface area is 335 Å². The van der Waals surface area contributed by atoms with Crippen LogP contribution in [0.1, 0.15) is 97.6 Å². The number of fused-ring (bicyclic) bond motifs is 2. The summed E-state index contributed by atoms with van der Waals surface area (Å²) < 4.78 is 2.55. The Bertz CT molecular complexity index is 2170. The average Bonchev–Trinajstić information content (AvgIpc) is 3.53. The van der Waals surface area contributed by atoms with E-state index in [2.05, 4.69) is 183 Å². The standard InChI is InChI=1S/C50H58ClN4/c1-7-9-32-54-44-28-26-40(52-38-20-13-11-14-21-38)34-42(44)49(3,4)46(54)30-24-36-18-17-19-37(48(36)51)25-31-47-50(5,6)43-35-41(53-39-22-15-12-16-23-39)27-29-45(43)55(47)33-10-8-2/h11-16,20-31,34-35,52-53H,7-10,17-19,32-33H2,1-6H3/q+1. The van der Waals surface area contributed by atoms with Crippen LogP contribution in [0.5, 0.6) is 0 Å². The number of allylic oxidation sites excluding steroid dienone is 8. The van der Waals surface area contributed by atoms with E-state index in [0.29, 0.717) is 0 Å². The highest BCUT2D eigenvalue weighted by Crippen LogP contribution is 2.49. The first-order chi connectivity index (χ1) is 26.6. The summed E-state index contributed by atoms with van der Waals surface area (Å²) >= 11 is 7.35. The quantitative estimate of drug-likeness (QED) is 0.133. The summed E-state index contributed by atoms with van der Waals surface area (Å²) in [6.45, 7) is 16.0. The van der Waals surface area contributed by atoms with Crippen LogP contribution < -0.4 is 15.5 Å². The highest BCUT2D eigenvalue weighted by Gasteiger charge is 2.44. The van der Waals surface area contributed by atoms with Crippen LogP contribution in [0.15, 0.2) is 143 Å². The van der Waals surface area contributed by atoms with Crippen molar-refractivity contribution >= 4 is 51.4 Å². The fourth-order valence-corrected chi connectivity index (χ4v) is 8.88. The molecule has 1 aliphatic carbocycles. The van der Waals surface area contributed by atoms with Gasteiger partial charge in [0, 0.05) is 75.3 Å². The molecular weight excluding hydrogens is 692 g/mol. The predicted octanol–water partition coefficient (Wildman–Crippen LogP) is 14.0. The van der Waals surface area contributed by atoms with E-state index in [1.165, 1.54) is 45.1 Å². The van der Waals surface area contributed by atoms with Crippen molar-refractivity contribution in [1.29, 1.82) is 0 Å². The third-order valence-corrected chi connectivity index (χ3v) is 12.2. The van der Waals surface area contributed by atoms with E-state index in [9.17, 15) is 0 Å². The number of anilines is 5. The molecule has 4 nitrogen and oxygen atoms in total. The van der Waals surface area contributed by atoms with Gasteiger partial charge < -0.3 is 15.5 Å². The summed E-state index contributed by atoms with van der Waals surface area (Å²) in [4.78, 5) is 2.55. The van der Waals surface area contributed by atoms with Gasteiger partial charge in [0.1, 0.15) is 6.54 Å². The molecule has 0 spiro atoms. The van der Waals surface area contributed by atoms with Crippen LogP contribution in [0.25, 0.3) is 0 Å². The highest BCUT2D eigenvalue weighted by atomic mass is 35.5. The number of hydrogen-bond acceptors (Lipinski definition) is 3. The summed E-state index contributed by atoms with van der Waals surface area (Å²) in [6.07, 6.45) is 17.0. The minimum atomic E-state index is -0.153. The molecule has 5 heteroatoms. The highest BCUT2D eigenvalue weighted by molar-refractivity contribution is 6.32. The SMILES string of the molecule is CCCCN1C(=CC=C2CCCC(C=CC3=[N+](CCCC)c4ccc(Nc5ccccc5)cc4C3(C)C)=C2Cl)C(C)(C)c2cc(Nc3ccccc3)ccc21. The molecule has 2 N–H and O–H groups in total. The first kappa shape index (κ1) is 38.5. The summed E-state index contributed by atoms with van der Waals surface area (Å²) in [5.74, 6) is 0. The predicted molar refractivity (Wildman–Crippen MR) is 237 cm³/mol. The Balaban J connectivity index is 1.18. The van der Waals surface area contributed by atoms with E-state index in [-0.39, 0.29) is 10.8 Å². The Kier molecular flexibility index (Phi) is 11.6. The number of rotatable bonds is 13. The molecule has 0 saturated carbocycles. The van der Waals surface area contributed by atoms with Gasteiger partial charge in [0.25, 0.3) is 0 Å². The van der Waals surface area contributed by atoms with Crippen molar-refractivity contribution in [3.8, 4) is 0 Å². The Morgan fingerprint density at radius 2 is 1.33 bits per heavy atom. The second kappa shape index (κ2) is 16.5. The van der Waals surface area contributed by atoms with Crippen molar-refractivity contribution in [2.75, 3.05) is 28.6 Å². The fraction of sp³-hybridized carbons (Fsp3) is 0.340. The van der Waals surface area contributed by atoms with Gasteiger partial charge in [-0.05, 0) is 117 Å². The number of para-hydroxylation sites is 2. The fourth-order valence-electron chi connectivity index (χ4n) is 8.56. The smallest absolute Gasteiger partial charge is 0.209 e. The van der Waals surface area contributed by atoms with Gasteiger partial charge in [-0.15, -0.1) is 0 Å². The molecule has 0 unspecified atom stereocenters. The lowest BCUT2D eigenvalue weighted by Gasteiger charge is -2.27. The zero-order chi connectivity index (χ0) is 38.6. The zero-order valence-electron chi connectivity index (χ0n) is 33.7. The topological polar surface area (TPSA) is 30.3 Å². The molecule has 55 heavy (non-hydrogen) atoms. The van der Waals surface area contributed by atoms with E-state index in [0.717, 1.165) is 85.8 Å². The maximum atomic E-state index is 7.35. The van der Waals surface area contributed by atoms with Gasteiger partial charge >= 0.3 is 0 Å². The molecule has 4 aromatic rings. The molecule has 3 aliphatic rings. The van der Waals surface area contributed by atoms with Crippen molar-refractivity contribution in [2.24, 2.45) is 0 Å². The van der Waals surface area contributed by atoms with Gasteiger partial charge in [0.05, 0.1) is 5.41 Å². The number of hydrogen-bond donors (Lipinski definition) is 2. The second-order valence-electron chi connectivity index (χ2n) is 16.4. The number of halogens is 1. The van der Waals surface area contributed by atoms with E-state index < -0.39 is 0 Å². The van der Waals surface area contributed by atoms with Crippen molar-refractivity contribution in [2.45, 2.75) is 97.3 Å². The van der Waals surface area contributed by atoms with Gasteiger partial charge in [-0.3, -0.25) is 0 Å². The lowest BCUT2D eigenvalue weighted by atomic mass is 9.81. The van der Waals surface area contributed by atoms with Crippen molar-refractivity contribution < 1.29 is 4.58 Å². The molecule has 284 valence electrons. The van der Waals surface area contributed by atoms with Crippen LogP contribution >= 0.6 is 11.6 Å². The van der Waals surface area contributed by atoms with Crippen LogP contribution in [0.3, 0.4) is 0 Å². The molecule has 4 aromatic carbocycles. The summed E-state index contributed by atoms with van der Waals surface area (Å²) in [5.41, 5.74) is 14.6. The van der Waals surface area contributed by atoms with E-state index in [4.69, 9.17) is 11.6 Å². The second-order valence-corrected chi connectivity index (χ2v) is 16.7.